The lowest BCUT2D eigenvalue weighted by Crippen LogP contribution is -2.48. The smallest absolute Gasteiger partial charge is 0.394 e. The monoisotopic (exact) mass is 289 g/mol. The van der Waals surface area contributed by atoms with Crippen molar-refractivity contribution in [1.29, 1.82) is 0 Å². The van der Waals surface area contributed by atoms with E-state index in [1.54, 1.807) is 13.0 Å². The molecule has 1 aliphatic rings. The maximum Gasteiger partial charge on any atom is 0.416 e. The first-order chi connectivity index (χ1) is 9.35. The molecule has 2 N–H and O–H groups in total. The standard InChI is InChI=1S/C14H18F3NO2/c1-13(9-19,18-8-12-5-6-20-12)10-3-2-4-11(7-10)14(15,16)17/h2-4,7,12,18-19H,5-6,8-9H2,1H3. The van der Waals surface area contributed by atoms with Gasteiger partial charge in [-0.05, 0) is 31.0 Å². The molecule has 1 saturated heterocycles. The van der Waals surface area contributed by atoms with Crippen molar-refractivity contribution < 1.29 is 23.0 Å². The van der Waals surface area contributed by atoms with Crippen LogP contribution in [0.4, 0.5) is 13.2 Å². The highest BCUT2D eigenvalue weighted by Gasteiger charge is 2.33. The summed E-state index contributed by atoms with van der Waals surface area (Å²) in [6, 6.07) is 5.04. The minimum Gasteiger partial charge on any atom is -0.394 e. The zero-order valence-corrected chi connectivity index (χ0v) is 11.2. The van der Waals surface area contributed by atoms with Crippen LogP contribution in [0.5, 0.6) is 0 Å². The van der Waals surface area contributed by atoms with Gasteiger partial charge in [0.25, 0.3) is 0 Å². The van der Waals surface area contributed by atoms with Crippen LogP contribution in [0.15, 0.2) is 24.3 Å². The predicted molar refractivity (Wildman–Crippen MR) is 68.2 cm³/mol. The molecule has 0 saturated carbocycles. The fraction of sp³-hybridized carbons (Fsp3) is 0.571. The highest BCUT2D eigenvalue weighted by Crippen LogP contribution is 2.32. The van der Waals surface area contributed by atoms with Crippen molar-refractivity contribution in [2.24, 2.45) is 0 Å². The first-order valence-electron chi connectivity index (χ1n) is 6.50. The number of aliphatic hydroxyl groups excluding tert-OH is 1. The number of hydrogen-bond acceptors (Lipinski definition) is 3. The Balaban J connectivity index is 2.16. The van der Waals surface area contributed by atoms with Crippen molar-refractivity contribution in [3.63, 3.8) is 0 Å². The van der Waals surface area contributed by atoms with E-state index in [-0.39, 0.29) is 12.7 Å². The topological polar surface area (TPSA) is 41.5 Å². The van der Waals surface area contributed by atoms with Crippen LogP contribution < -0.4 is 5.32 Å². The van der Waals surface area contributed by atoms with E-state index < -0.39 is 17.3 Å². The molecule has 1 heterocycles. The zero-order chi connectivity index (χ0) is 14.8. The van der Waals surface area contributed by atoms with E-state index in [2.05, 4.69) is 5.32 Å². The van der Waals surface area contributed by atoms with Crippen LogP contribution in [0, 0.1) is 0 Å². The Morgan fingerprint density at radius 2 is 2.00 bits per heavy atom. The maximum atomic E-state index is 12.7. The van der Waals surface area contributed by atoms with Gasteiger partial charge in [-0.1, -0.05) is 12.1 Å². The number of benzene rings is 1. The molecular formula is C14H18F3NO2. The zero-order valence-electron chi connectivity index (χ0n) is 11.2. The molecule has 0 bridgehead atoms. The Kier molecular flexibility index (Phi) is 4.36. The summed E-state index contributed by atoms with van der Waals surface area (Å²) in [4.78, 5) is 0. The van der Waals surface area contributed by atoms with Gasteiger partial charge in [0.15, 0.2) is 0 Å². The number of ether oxygens (including phenoxy) is 1. The first kappa shape index (κ1) is 15.3. The fourth-order valence-electron chi connectivity index (χ4n) is 2.07. The van der Waals surface area contributed by atoms with Crippen molar-refractivity contribution in [3.05, 3.63) is 35.4 Å². The van der Waals surface area contributed by atoms with Crippen LogP contribution in [0.2, 0.25) is 0 Å². The molecule has 0 aliphatic carbocycles. The highest BCUT2D eigenvalue weighted by molar-refractivity contribution is 5.31. The summed E-state index contributed by atoms with van der Waals surface area (Å²) < 4.78 is 43.5. The van der Waals surface area contributed by atoms with E-state index >= 15 is 0 Å². The molecule has 2 atom stereocenters. The Bertz CT molecular complexity index is 460. The quantitative estimate of drug-likeness (QED) is 0.874. The molecule has 2 unspecified atom stereocenters. The van der Waals surface area contributed by atoms with Gasteiger partial charge in [-0.3, -0.25) is 0 Å². The van der Waals surface area contributed by atoms with Crippen LogP contribution >= 0.6 is 0 Å². The van der Waals surface area contributed by atoms with Crippen LogP contribution in [-0.2, 0) is 16.5 Å². The SMILES string of the molecule is CC(CO)(NCC1CCO1)c1cccc(C(F)(F)F)c1. The Morgan fingerprint density at radius 3 is 2.50 bits per heavy atom. The molecule has 0 radical (unpaired) electrons. The van der Waals surface area contributed by atoms with E-state index in [1.165, 1.54) is 6.07 Å². The number of alkyl halides is 3. The van der Waals surface area contributed by atoms with Gasteiger partial charge in [0.05, 0.1) is 23.8 Å². The lowest BCUT2D eigenvalue weighted by Gasteiger charge is -2.34. The minimum absolute atomic E-state index is 0.0756. The van der Waals surface area contributed by atoms with Gasteiger partial charge in [0.1, 0.15) is 0 Å². The molecule has 6 heteroatoms. The van der Waals surface area contributed by atoms with Gasteiger partial charge in [-0.25, -0.2) is 0 Å². The third kappa shape index (κ3) is 3.31. The van der Waals surface area contributed by atoms with E-state index in [1.807, 2.05) is 0 Å². The molecule has 0 spiro atoms. The second kappa shape index (κ2) is 5.71. The molecule has 1 fully saturated rings. The molecular weight excluding hydrogens is 271 g/mol. The van der Waals surface area contributed by atoms with E-state index in [0.717, 1.165) is 18.6 Å². The maximum absolute atomic E-state index is 12.7. The van der Waals surface area contributed by atoms with Crippen LogP contribution in [0.3, 0.4) is 0 Å². The molecule has 2 rings (SSSR count). The average Bonchev–Trinajstić information content (AvgIpc) is 2.36. The summed E-state index contributed by atoms with van der Waals surface area (Å²) in [7, 11) is 0. The number of aliphatic hydroxyl groups is 1. The lowest BCUT2D eigenvalue weighted by molar-refractivity contribution is -0.137. The summed E-state index contributed by atoms with van der Waals surface area (Å²) in [5, 5.41) is 12.7. The summed E-state index contributed by atoms with van der Waals surface area (Å²) >= 11 is 0. The van der Waals surface area contributed by atoms with Crippen molar-refractivity contribution in [1.82, 2.24) is 5.32 Å². The molecule has 1 aromatic rings. The average molecular weight is 289 g/mol. The van der Waals surface area contributed by atoms with Gasteiger partial charge < -0.3 is 15.2 Å². The normalized spacial score (nSPS) is 22.1. The van der Waals surface area contributed by atoms with Crippen molar-refractivity contribution >= 4 is 0 Å². The second-order valence-corrected chi connectivity index (χ2v) is 5.23. The Labute approximate surface area is 115 Å². The molecule has 112 valence electrons. The molecule has 1 aromatic carbocycles. The summed E-state index contributed by atoms with van der Waals surface area (Å²) in [6.45, 7) is 2.61. The number of rotatable bonds is 5. The summed E-state index contributed by atoms with van der Waals surface area (Å²) in [5.41, 5.74) is -1.22. The number of nitrogens with one attached hydrogen (secondary N) is 1. The molecule has 0 amide bonds. The van der Waals surface area contributed by atoms with Gasteiger partial charge in [-0.15, -0.1) is 0 Å². The van der Waals surface area contributed by atoms with Crippen molar-refractivity contribution in [2.45, 2.75) is 31.2 Å². The molecule has 20 heavy (non-hydrogen) atoms. The summed E-state index contributed by atoms with van der Waals surface area (Å²) in [5.74, 6) is 0. The largest absolute Gasteiger partial charge is 0.416 e. The van der Waals surface area contributed by atoms with Crippen LogP contribution in [0.25, 0.3) is 0 Å². The summed E-state index contributed by atoms with van der Waals surface area (Å²) in [6.07, 6.45) is -3.38. The molecule has 3 nitrogen and oxygen atoms in total. The minimum atomic E-state index is -4.39. The first-order valence-corrected chi connectivity index (χ1v) is 6.50. The van der Waals surface area contributed by atoms with Crippen LogP contribution in [-0.4, -0.2) is 31.0 Å². The van der Waals surface area contributed by atoms with Gasteiger partial charge >= 0.3 is 6.18 Å². The van der Waals surface area contributed by atoms with E-state index in [0.29, 0.717) is 18.7 Å². The second-order valence-electron chi connectivity index (χ2n) is 5.23. The number of halogens is 3. The predicted octanol–water partition coefficient (Wildman–Crippen LogP) is 2.29. The molecule has 0 aromatic heterocycles. The third-order valence-corrected chi connectivity index (χ3v) is 3.66. The Hall–Kier alpha value is -1.11. The number of hydrogen-bond donors (Lipinski definition) is 2. The Morgan fingerprint density at radius 1 is 1.35 bits per heavy atom. The highest BCUT2D eigenvalue weighted by atomic mass is 19.4. The fourth-order valence-corrected chi connectivity index (χ4v) is 2.07. The van der Waals surface area contributed by atoms with E-state index in [4.69, 9.17) is 4.74 Å². The van der Waals surface area contributed by atoms with Gasteiger partial charge in [0.2, 0.25) is 0 Å². The van der Waals surface area contributed by atoms with Crippen molar-refractivity contribution in [2.75, 3.05) is 19.8 Å². The lowest BCUT2D eigenvalue weighted by atomic mass is 9.91. The van der Waals surface area contributed by atoms with Crippen molar-refractivity contribution in [3.8, 4) is 0 Å². The third-order valence-electron chi connectivity index (χ3n) is 3.66. The van der Waals surface area contributed by atoms with Crippen LogP contribution in [0.1, 0.15) is 24.5 Å². The van der Waals surface area contributed by atoms with Gasteiger partial charge in [0, 0.05) is 13.2 Å². The van der Waals surface area contributed by atoms with E-state index in [9.17, 15) is 18.3 Å². The molecule has 1 aliphatic heterocycles. The van der Waals surface area contributed by atoms with Gasteiger partial charge in [-0.2, -0.15) is 13.2 Å².